The number of carbonyl (C=O) groups is 1. The molecule has 1 amide bonds. The molecule has 0 fully saturated rings. The standard InChI is InChI=1S/C32H29FN2O3S/c33-28-17-15-27(16-18-28)24-39(37,38)31-22-35(30-14-8-7-13-29(30)31)23-32(36)34(21-26-11-5-2-6-12-26)20-19-25-9-3-1-4-10-25/h1-18,22H,19-21,23-24H2. The molecule has 0 unspecified atom stereocenters. The summed E-state index contributed by atoms with van der Waals surface area (Å²) in [5.74, 6) is -0.775. The topological polar surface area (TPSA) is 59.4 Å². The normalized spacial score (nSPS) is 11.5. The van der Waals surface area contributed by atoms with E-state index in [1.54, 1.807) is 22.9 Å². The molecule has 0 saturated heterocycles. The van der Waals surface area contributed by atoms with Crippen molar-refractivity contribution < 1.29 is 17.6 Å². The number of sulfone groups is 1. The maximum atomic E-state index is 13.7. The third kappa shape index (κ3) is 6.44. The number of aromatic nitrogens is 1. The van der Waals surface area contributed by atoms with Crippen LogP contribution in [0.1, 0.15) is 16.7 Å². The molecule has 0 N–H and O–H groups in total. The van der Waals surface area contributed by atoms with Gasteiger partial charge in [0, 0.05) is 30.2 Å². The summed E-state index contributed by atoms with van der Waals surface area (Å²) in [4.78, 5) is 15.7. The van der Waals surface area contributed by atoms with Gasteiger partial charge in [0.15, 0.2) is 9.84 Å². The summed E-state index contributed by atoms with van der Waals surface area (Å²) in [7, 11) is -3.75. The molecule has 5 nitrogen and oxygen atoms in total. The van der Waals surface area contributed by atoms with Gasteiger partial charge in [-0.2, -0.15) is 0 Å². The fourth-order valence-electron chi connectivity index (χ4n) is 4.72. The van der Waals surface area contributed by atoms with Gasteiger partial charge in [-0.25, -0.2) is 12.8 Å². The molecule has 0 spiro atoms. The molecule has 5 rings (SSSR count). The van der Waals surface area contributed by atoms with Crippen LogP contribution in [0.4, 0.5) is 4.39 Å². The summed E-state index contributed by atoms with van der Waals surface area (Å²) in [5, 5.41) is 0.561. The quantitative estimate of drug-likeness (QED) is 0.218. The average Bonchev–Trinajstić information content (AvgIpc) is 3.32. The number of para-hydroxylation sites is 1. The van der Waals surface area contributed by atoms with Crippen LogP contribution in [0.25, 0.3) is 10.9 Å². The molecule has 0 bridgehead atoms. The van der Waals surface area contributed by atoms with Crippen LogP contribution in [0.15, 0.2) is 120 Å². The average molecular weight is 541 g/mol. The molecule has 0 saturated carbocycles. The number of amides is 1. The Morgan fingerprint density at radius 1 is 0.744 bits per heavy atom. The van der Waals surface area contributed by atoms with Crippen LogP contribution in [0.2, 0.25) is 0 Å². The number of nitrogens with zero attached hydrogens (tertiary/aromatic N) is 2. The lowest BCUT2D eigenvalue weighted by Gasteiger charge is -2.23. The van der Waals surface area contributed by atoms with E-state index in [1.165, 1.54) is 24.3 Å². The third-order valence-corrected chi connectivity index (χ3v) is 8.45. The smallest absolute Gasteiger partial charge is 0.242 e. The summed E-state index contributed by atoms with van der Waals surface area (Å²) in [6.07, 6.45) is 2.27. The minimum absolute atomic E-state index is 0.00814. The predicted octanol–water partition coefficient (Wildman–Crippen LogP) is 6.03. The van der Waals surface area contributed by atoms with Gasteiger partial charge in [-0.3, -0.25) is 4.79 Å². The molecule has 0 aliphatic carbocycles. The zero-order chi connectivity index (χ0) is 27.2. The van der Waals surface area contributed by atoms with Crippen LogP contribution >= 0.6 is 0 Å². The molecule has 0 atom stereocenters. The molecule has 0 radical (unpaired) electrons. The lowest BCUT2D eigenvalue weighted by Crippen LogP contribution is -2.35. The zero-order valence-corrected chi connectivity index (χ0v) is 22.2. The van der Waals surface area contributed by atoms with Gasteiger partial charge in [0.05, 0.1) is 10.6 Å². The van der Waals surface area contributed by atoms with Crippen molar-refractivity contribution in [2.75, 3.05) is 6.54 Å². The lowest BCUT2D eigenvalue weighted by atomic mass is 10.1. The Morgan fingerprint density at radius 3 is 2.05 bits per heavy atom. The van der Waals surface area contributed by atoms with E-state index in [9.17, 15) is 17.6 Å². The van der Waals surface area contributed by atoms with Crippen molar-refractivity contribution in [3.63, 3.8) is 0 Å². The number of rotatable bonds is 10. The fraction of sp³-hybridized carbons (Fsp3) is 0.156. The minimum Gasteiger partial charge on any atom is -0.337 e. The van der Waals surface area contributed by atoms with E-state index in [4.69, 9.17) is 0 Å². The monoisotopic (exact) mass is 540 g/mol. The Hall–Kier alpha value is -4.23. The van der Waals surface area contributed by atoms with Crippen molar-refractivity contribution in [2.24, 2.45) is 0 Å². The van der Waals surface area contributed by atoms with Crippen LogP contribution in [-0.4, -0.2) is 30.3 Å². The van der Waals surface area contributed by atoms with Crippen molar-refractivity contribution >= 4 is 26.6 Å². The van der Waals surface area contributed by atoms with E-state index in [-0.39, 0.29) is 23.1 Å². The molecule has 4 aromatic carbocycles. The second-order valence-electron chi connectivity index (χ2n) is 9.56. The Balaban J connectivity index is 1.42. The van der Waals surface area contributed by atoms with Crippen molar-refractivity contribution in [1.29, 1.82) is 0 Å². The highest BCUT2D eigenvalue weighted by molar-refractivity contribution is 7.90. The summed E-state index contributed by atoms with van der Waals surface area (Å²) >= 11 is 0. The second kappa shape index (κ2) is 11.7. The van der Waals surface area contributed by atoms with E-state index in [1.807, 2.05) is 77.7 Å². The van der Waals surface area contributed by atoms with E-state index >= 15 is 0 Å². The van der Waals surface area contributed by atoms with Gasteiger partial charge >= 0.3 is 0 Å². The maximum Gasteiger partial charge on any atom is 0.242 e. The van der Waals surface area contributed by atoms with Gasteiger partial charge in [-0.05, 0) is 41.3 Å². The van der Waals surface area contributed by atoms with Gasteiger partial charge in [0.2, 0.25) is 5.91 Å². The summed E-state index contributed by atoms with van der Waals surface area (Å²) in [6.45, 7) is 1.00. The second-order valence-corrected chi connectivity index (χ2v) is 11.5. The van der Waals surface area contributed by atoms with Gasteiger partial charge in [-0.15, -0.1) is 0 Å². The number of fused-ring (bicyclic) bond motifs is 1. The predicted molar refractivity (Wildman–Crippen MR) is 151 cm³/mol. The highest BCUT2D eigenvalue weighted by Gasteiger charge is 2.23. The van der Waals surface area contributed by atoms with Crippen LogP contribution in [0.3, 0.4) is 0 Å². The zero-order valence-electron chi connectivity index (χ0n) is 21.4. The first-order valence-corrected chi connectivity index (χ1v) is 14.4. The highest BCUT2D eigenvalue weighted by atomic mass is 32.2. The molecule has 1 heterocycles. The van der Waals surface area contributed by atoms with E-state index in [0.29, 0.717) is 36.0 Å². The molecular weight excluding hydrogens is 511 g/mol. The summed E-state index contributed by atoms with van der Waals surface area (Å²) in [6, 6.07) is 32.5. The molecule has 7 heteroatoms. The highest BCUT2D eigenvalue weighted by Crippen LogP contribution is 2.28. The SMILES string of the molecule is O=C(Cn1cc(S(=O)(=O)Cc2ccc(F)cc2)c2ccccc21)N(CCc1ccccc1)Cc1ccccc1. The van der Waals surface area contributed by atoms with Crippen molar-refractivity contribution in [3.05, 3.63) is 138 Å². The van der Waals surface area contributed by atoms with Gasteiger partial charge in [-0.1, -0.05) is 91.0 Å². The molecule has 1 aromatic heterocycles. The Bertz CT molecular complexity index is 1670. The number of hydrogen-bond acceptors (Lipinski definition) is 3. The molecule has 0 aliphatic rings. The van der Waals surface area contributed by atoms with E-state index < -0.39 is 15.7 Å². The number of benzene rings is 4. The summed E-state index contributed by atoms with van der Waals surface area (Å²) in [5.41, 5.74) is 3.34. The fourth-order valence-corrected chi connectivity index (χ4v) is 6.30. The maximum absolute atomic E-state index is 13.7. The summed E-state index contributed by atoms with van der Waals surface area (Å²) < 4.78 is 41.9. The molecule has 5 aromatic rings. The number of halogens is 1. The Morgan fingerprint density at radius 2 is 1.36 bits per heavy atom. The van der Waals surface area contributed by atoms with Crippen molar-refractivity contribution in [2.45, 2.75) is 30.2 Å². The van der Waals surface area contributed by atoms with Crippen LogP contribution in [-0.2, 0) is 39.9 Å². The van der Waals surface area contributed by atoms with E-state index in [0.717, 1.165) is 11.1 Å². The van der Waals surface area contributed by atoms with E-state index in [2.05, 4.69) is 0 Å². The first-order chi connectivity index (χ1) is 18.9. The van der Waals surface area contributed by atoms with Crippen molar-refractivity contribution in [1.82, 2.24) is 9.47 Å². The van der Waals surface area contributed by atoms with Gasteiger partial charge in [0.1, 0.15) is 12.4 Å². The number of carbonyl (C=O) groups excluding carboxylic acids is 1. The largest absolute Gasteiger partial charge is 0.337 e. The Kier molecular flexibility index (Phi) is 7.89. The third-order valence-electron chi connectivity index (χ3n) is 6.74. The first kappa shape index (κ1) is 26.4. The lowest BCUT2D eigenvalue weighted by molar-refractivity contribution is -0.132. The van der Waals surface area contributed by atoms with Crippen LogP contribution < -0.4 is 0 Å². The Labute approximate surface area is 228 Å². The van der Waals surface area contributed by atoms with Gasteiger partial charge < -0.3 is 9.47 Å². The van der Waals surface area contributed by atoms with Crippen LogP contribution in [0, 0.1) is 5.82 Å². The first-order valence-electron chi connectivity index (χ1n) is 12.8. The molecular formula is C32H29FN2O3S. The van der Waals surface area contributed by atoms with Crippen LogP contribution in [0.5, 0.6) is 0 Å². The van der Waals surface area contributed by atoms with Gasteiger partial charge in [0.25, 0.3) is 0 Å². The van der Waals surface area contributed by atoms with Crippen molar-refractivity contribution in [3.8, 4) is 0 Å². The molecule has 0 aliphatic heterocycles. The molecule has 39 heavy (non-hydrogen) atoms. The minimum atomic E-state index is -3.75. The number of hydrogen-bond donors (Lipinski definition) is 0. The molecule has 198 valence electrons.